The molecule has 3 unspecified atom stereocenters. The first-order valence-corrected chi connectivity index (χ1v) is 11.2. The van der Waals surface area contributed by atoms with Crippen LogP contribution in [-0.4, -0.2) is 58.3 Å². The van der Waals surface area contributed by atoms with E-state index in [1.807, 2.05) is 6.92 Å². The van der Waals surface area contributed by atoms with Crippen LogP contribution in [0.3, 0.4) is 0 Å². The van der Waals surface area contributed by atoms with Crippen LogP contribution in [0.15, 0.2) is 36.4 Å². The van der Waals surface area contributed by atoms with Gasteiger partial charge in [0.25, 0.3) is 0 Å². The average Bonchev–Trinajstić information content (AvgIpc) is 2.93. The lowest BCUT2D eigenvalue weighted by atomic mass is 9.96. The lowest BCUT2D eigenvalue weighted by molar-refractivity contribution is -0.153. The minimum atomic E-state index is -1.26. The molecule has 32 heavy (non-hydrogen) atoms. The van der Waals surface area contributed by atoms with Gasteiger partial charge in [-0.25, -0.2) is 9.59 Å². The molecule has 7 nitrogen and oxygen atoms in total. The van der Waals surface area contributed by atoms with Crippen LogP contribution < -0.4 is 0 Å². The van der Waals surface area contributed by atoms with Crippen molar-refractivity contribution in [1.29, 1.82) is 0 Å². The first kappa shape index (κ1) is 25.6. The summed E-state index contributed by atoms with van der Waals surface area (Å²) < 4.78 is 5.87. The van der Waals surface area contributed by atoms with E-state index in [9.17, 15) is 14.4 Å². The standard InChI is InChI=1S/C21H31NO2.C4H4O4/c1-14(2)11-16-5-7-17(8-6-16)15(3)21(23)24-20-12-18-9-10-19(13-20)22(18)4;5-3(6)1-2-4(7)8/h5-8,14-15,18-20H,9-13H2,1-4H3;1-2H,(H,5,6)(H,7,8)/b;2-1-. The highest BCUT2D eigenvalue weighted by molar-refractivity contribution is 5.89. The van der Waals surface area contributed by atoms with E-state index < -0.39 is 11.9 Å². The predicted octanol–water partition coefficient (Wildman–Crippen LogP) is 3.87. The summed E-state index contributed by atoms with van der Waals surface area (Å²) in [6.07, 6.45) is 6.80. The molecule has 2 fully saturated rings. The molecule has 3 atom stereocenters. The van der Waals surface area contributed by atoms with Crippen molar-refractivity contribution in [2.45, 2.75) is 77.0 Å². The van der Waals surface area contributed by atoms with Gasteiger partial charge < -0.3 is 19.8 Å². The number of esters is 1. The monoisotopic (exact) mass is 445 g/mol. The normalized spacial score (nSPS) is 23.5. The van der Waals surface area contributed by atoms with Crippen LogP contribution in [0.25, 0.3) is 0 Å². The Morgan fingerprint density at radius 2 is 1.50 bits per heavy atom. The van der Waals surface area contributed by atoms with Crippen LogP contribution in [0.4, 0.5) is 0 Å². The van der Waals surface area contributed by atoms with Crippen LogP contribution in [0.1, 0.15) is 63.5 Å². The van der Waals surface area contributed by atoms with Gasteiger partial charge in [-0.1, -0.05) is 38.1 Å². The molecule has 2 aliphatic heterocycles. The summed E-state index contributed by atoms with van der Waals surface area (Å²) in [6, 6.07) is 9.67. The highest BCUT2D eigenvalue weighted by atomic mass is 16.5. The molecule has 0 saturated carbocycles. The lowest BCUT2D eigenvalue weighted by Gasteiger charge is -2.36. The largest absolute Gasteiger partial charge is 0.478 e. The Morgan fingerprint density at radius 3 is 1.94 bits per heavy atom. The zero-order valence-electron chi connectivity index (χ0n) is 19.4. The molecule has 0 spiro atoms. The number of ether oxygens (including phenoxy) is 1. The highest BCUT2D eigenvalue weighted by Gasteiger charge is 2.40. The third-order valence-electron chi connectivity index (χ3n) is 6.18. The highest BCUT2D eigenvalue weighted by Crippen LogP contribution is 2.36. The fourth-order valence-corrected chi connectivity index (χ4v) is 4.42. The lowest BCUT2D eigenvalue weighted by Crippen LogP contribution is -2.43. The summed E-state index contributed by atoms with van der Waals surface area (Å²) in [5.74, 6) is -2.12. The van der Waals surface area contributed by atoms with Crippen molar-refractivity contribution in [2.24, 2.45) is 5.92 Å². The molecule has 2 aliphatic rings. The third-order valence-corrected chi connectivity index (χ3v) is 6.18. The molecule has 7 heteroatoms. The number of carboxylic acids is 2. The molecule has 1 aromatic carbocycles. The van der Waals surface area contributed by atoms with E-state index in [0.717, 1.165) is 24.8 Å². The summed E-state index contributed by atoms with van der Waals surface area (Å²) in [5, 5.41) is 15.6. The van der Waals surface area contributed by atoms with E-state index in [-0.39, 0.29) is 18.0 Å². The number of aliphatic carboxylic acids is 2. The Bertz CT molecular complexity index is 786. The van der Waals surface area contributed by atoms with Crippen molar-refractivity contribution in [3.63, 3.8) is 0 Å². The molecule has 176 valence electrons. The van der Waals surface area contributed by atoms with E-state index in [1.165, 1.54) is 18.4 Å². The maximum atomic E-state index is 12.6. The van der Waals surface area contributed by atoms with Crippen LogP contribution in [-0.2, 0) is 25.5 Å². The first-order chi connectivity index (χ1) is 15.1. The van der Waals surface area contributed by atoms with Crippen LogP contribution in [0.2, 0.25) is 0 Å². The summed E-state index contributed by atoms with van der Waals surface area (Å²) in [7, 11) is 2.21. The minimum Gasteiger partial charge on any atom is -0.478 e. The van der Waals surface area contributed by atoms with E-state index >= 15 is 0 Å². The van der Waals surface area contributed by atoms with Gasteiger partial charge in [0.15, 0.2) is 0 Å². The number of hydrogen-bond donors (Lipinski definition) is 2. The predicted molar refractivity (Wildman–Crippen MR) is 121 cm³/mol. The molecule has 0 aromatic heterocycles. The number of nitrogens with zero attached hydrogens (tertiary/aromatic N) is 1. The van der Waals surface area contributed by atoms with Gasteiger partial charge in [0.05, 0.1) is 5.92 Å². The number of carbonyl (C=O) groups is 3. The van der Waals surface area contributed by atoms with Gasteiger partial charge in [0.2, 0.25) is 0 Å². The van der Waals surface area contributed by atoms with Crippen LogP contribution in [0, 0.1) is 5.92 Å². The van der Waals surface area contributed by atoms with Crippen molar-refractivity contribution in [3.05, 3.63) is 47.5 Å². The van der Waals surface area contributed by atoms with Gasteiger partial charge in [-0.05, 0) is 63.1 Å². The fourth-order valence-electron chi connectivity index (χ4n) is 4.42. The van der Waals surface area contributed by atoms with Gasteiger partial charge in [-0.2, -0.15) is 0 Å². The molecule has 2 bridgehead atoms. The molecular formula is C25H35NO6. The number of fused-ring (bicyclic) bond motifs is 2. The van der Waals surface area contributed by atoms with E-state index in [1.54, 1.807) is 0 Å². The molecule has 0 radical (unpaired) electrons. The summed E-state index contributed by atoms with van der Waals surface area (Å²) >= 11 is 0. The van der Waals surface area contributed by atoms with Crippen molar-refractivity contribution in [1.82, 2.24) is 4.90 Å². The SMILES string of the molecule is CC(C)Cc1ccc(C(C)C(=O)OC2CC3CCC(C2)N3C)cc1.O=C(O)/C=C\C(=O)O. The van der Waals surface area contributed by atoms with Crippen LogP contribution in [0.5, 0.6) is 0 Å². The van der Waals surface area contributed by atoms with Crippen LogP contribution >= 0.6 is 0 Å². The molecule has 2 saturated heterocycles. The first-order valence-electron chi connectivity index (χ1n) is 11.2. The fraction of sp³-hybridized carbons (Fsp3) is 0.560. The Kier molecular flexibility index (Phi) is 9.44. The second-order valence-electron chi connectivity index (χ2n) is 9.15. The zero-order chi connectivity index (χ0) is 23.8. The van der Waals surface area contributed by atoms with Gasteiger partial charge >= 0.3 is 17.9 Å². The maximum Gasteiger partial charge on any atom is 0.328 e. The maximum absolute atomic E-state index is 12.6. The quantitative estimate of drug-likeness (QED) is 0.485. The van der Waals surface area contributed by atoms with Crippen molar-refractivity contribution >= 4 is 17.9 Å². The van der Waals surface area contributed by atoms with Crippen molar-refractivity contribution in [2.75, 3.05) is 7.05 Å². The van der Waals surface area contributed by atoms with E-state index in [4.69, 9.17) is 14.9 Å². The second kappa shape index (κ2) is 11.8. The molecule has 2 N–H and O–H groups in total. The molecule has 1 aromatic rings. The minimum absolute atomic E-state index is 0.0689. The number of piperidine rings is 1. The van der Waals surface area contributed by atoms with E-state index in [0.29, 0.717) is 30.2 Å². The Labute approximate surface area is 190 Å². The van der Waals surface area contributed by atoms with E-state index in [2.05, 4.69) is 50.1 Å². The molecule has 3 rings (SSSR count). The zero-order valence-corrected chi connectivity index (χ0v) is 19.4. The van der Waals surface area contributed by atoms with Gasteiger partial charge in [0, 0.05) is 24.2 Å². The topological polar surface area (TPSA) is 104 Å². The Morgan fingerprint density at radius 1 is 1.00 bits per heavy atom. The Balaban J connectivity index is 0.000000390. The molecule has 0 amide bonds. The summed E-state index contributed by atoms with van der Waals surface area (Å²) in [4.78, 5) is 34.1. The number of carbonyl (C=O) groups excluding carboxylic acids is 1. The molecular weight excluding hydrogens is 410 g/mol. The number of carboxylic acid groups (broad SMARTS) is 2. The number of hydrogen-bond acceptors (Lipinski definition) is 5. The Hall–Kier alpha value is -2.67. The molecule has 2 heterocycles. The third kappa shape index (κ3) is 7.79. The average molecular weight is 446 g/mol. The molecule has 0 aliphatic carbocycles. The van der Waals surface area contributed by atoms with Crippen molar-refractivity contribution in [3.8, 4) is 0 Å². The second-order valence-corrected chi connectivity index (χ2v) is 9.15. The number of rotatable bonds is 7. The smallest absolute Gasteiger partial charge is 0.328 e. The summed E-state index contributed by atoms with van der Waals surface area (Å²) in [5.41, 5.74) is 2.39. The van der Waals surface area contributed by atoms with Gasteiger partial charge in [-0.15, -0.1) is 0 Å². The van der Waals surface area contributed by atoms with Gasteiger partial charge in [-0.3, -0.25) is 4.79 Å². The summed E-state index contributed by atoms with van der Waals surface area (Å²) in [6.45, 7) is 6.41. The number of benzene rings is 1. The van der Waals surface area contributed by atoms with Gasteiger partial charge in [0.1, 0.15) is 6.10 Å². The van der Waals surface area contributed by atoms with Crippen molar-refractivity contribution < 1.29 is 29.3 Å².